The number of hydrogen-bond donors (Lipinski definition) is 0. The monoisotopic (exact) mass is 400 g/mol. The number of methoxy groups -OCH3 is 1. The molecule has 0 aliphatic heterocycles. The lowest BCUT2D eigenvalue weighted by molar-refractivity contribution is 0.0601. The number of fused-ring (bicyclic) bond motifs is 1. The van der Waals surface area contributed by atoms with Gasteiger partial charge in [0.1, 0.15) is 5.82 Å². The fourth-order valence-corrected chi connectivity index (χ4v) is 3.83. The third kappa shape index (κ3) is 4.25. The molecule has 0 spiro atoms. The summed E-state index contributed by atoms with van der Waals surface area (Å²) in [4.78, 5) is 29.4. The van der Waals surface area contributed by atoms with Gasteiger partial charge in [-0.1, -0.05) is 43.8 Å². The van der Waals surface area contributed by atoms with Crippen molar-refractivity contribution in [3.05, 3.63) is 69.8 Å². The minimum atomic E-state index is -0.490. The standard InChI is InChI=1S/C21H21FN2O3S/c1-13(2)11-24-19(25)16-9-8-14(20(26)27-3)10-18(16)23-21(24)28-12-15-6-4-5-7-17(15)22/h4-10,13H,11-12H2,1-3H3. The molecule has 1 heterocycles. The summed E-state index contributed by atoms with van der Waals surface area (Å²) in [6.07, 6.45) is 0. The van der Waals surface area contributed by atoms with Crippen LogP contribution in [0.5, 0.6) is 0 Å². The van der Waals surface area contributed by atoms with E-state index in [0.29, 0.717) is 39.5 Å². The van der Waals surface area contributed by atoms with E-state index in [2.05, 4.69) is 4.98 Å². The van der Waals surface area contributed by atoms with Gasteiger partial charge in [-0.25, -0.2) is 14.2 Å². The molecule has 0 bridgehead atoms. The average Bonchev–Trinajstić information content (AvgIpc) is 2.68. The topological polar surface area (TPSA) is 61.2 Å². The number of benzene rings is 2. The molecule has 0 radical (unpaired) electrons. The Labute approximate surface area is 166 Å². The Morgan fingerprint density at radius 3 is 2.68 bits per heavy atom. The van der Waals surface area contributed by atoms with Crippen molar-refractivity contribution < 1.29 is 13.9 Å². The van der Waals surface area contributed by atoms with Crippen molar-refractivity contribution in [2.45, 2.75) is 31.3 Å². The maximum atomic E-state index is 14.0. The normalized spacial score (nSPS) is 11.2. The van der Waals surface area contributed by atoms with Gasteiger partial charge in [0.2, 0.25) is 0 Å². The van der Waals surface area contributed by atoms with Crippen LogP contribution in [0.2, 0.25) is 0 Å². The quantitative estimate of drug-likeness (QED) is 0.351. The minimum Gasteiger partial charge on any atom is -0.465 e. The molecule has 0 saturated carbocycles. The number of esters is 1. The summed E-state index contributed by atoms with van der Waals surface area (Å²) in [5.74, 6) is -0.199. The Kier molecular flexibility index (Phi) is 6.14. The molecule has 1 aromatic heterocycles. The number of carbonyl (C=O) groups is 1. The molecular formula is C21H21FN2O3S. The van der Waals surface area contributed by atoms with Crippen LogP contribution in [0.25, 0.3) is 10.9 Å². The number of halogens is 1. The molecule has 0 unspecified atom stereocenters. The molecule has 0 N–H and O–H groups in total. The van der Waals surface area contributed by atoms with Gasteiger partial charge in [-0.05, 0) is 35.7 Å². The van der Waals surface area contributed by atoms with E-state index >= 15 is 0 Å². The Bertz CT molecular complexity index is 1080. The first-order valence-corrected chi connectivity index (χ1v) is 9.88. The maximum absolute atomic E-state index is 14.0. The molecule has 0 amide bonds. The second kappa shape index (κ2) is 8.56. The van der Waals surface area contributed by atoms with Crippen LogP contribution in [0, 0.1) is 11.7 Å². The molecule has 28 heavy (non-hydrogen) atoms. The van der Waals surface area contributed by atoms with Crippen molar-refractivity contribution >= 4 is 28.6 Å². The Morgan fingerprint density at radius 2 is 2.00 bits per heavy atom. The second-order valence-corrected chi connectivity index (χ2v) is 7.75. The molecule has 0 fully saturated rings. The van der Waals surface area contributed by atoms with Crippen LogP contribution < -0.4 is 5.56 Å². The Morgan fingerprint density at radius 1 is 1.25 bits per heavy atom. The van der Waals surface area contributed by atoms with Crippen molar-refractivity contribution in [2.75, 3.05) is 7.11 Å². The van der Waals surface area contributed by atoms with E-state index in [-0.39, 0.29) is 17.3 Å². The molecule has 7 heteroatoms. The number of aromatic nitrogens is 2. The summed E-state index contributed by atoms with van der Waals surface area (Å²) in [5, 5.41) is 0.931. The van der Waals surface area contributed by atoms with Crippen LogP contribution >= 0.6 is 11.8 Å². The van der Waals surface area contributed by atoms with Gasteiger partial charge in [0, 0.05) is 12.3 Å². The van der Waals surface area contributed by atoms with Crippen LogP contribution in [0.1, 0.15) is 29.8 Å². The molecule has 0 saturated heterocycles. The van der Waals surface area contributed by atoms with Crippen LogP contribution in [0.4, 0.5) is 4.39 Å². The smallest absolute Gasteiger partial charge is 0.337 e. The van der Waals surface area contributed by atoms with Gasteiger partial charge in [-0.15, -0.1) is 0 Å². The van der Waals surface area contributed by atoms with Crippen LogP contribution in [0.15, 0.2) is 52.4 Å². The van der Waals surface area contributed by atoms with Gasteiger partial charge in [0.05, 0.1) is 23.6 Å². The fraction of sp³-hybridized carbons (Fsp3) is 0.286. The second-order valence-electron chi connectivity index (χ2n) is 6.81. The zero-order chi connectivity index (χ0) is 20.3. The molecule has 2 aromatic carbocycles. The third-order valence-electron chi connectivity index (χ3n) is 4.20. The largest absolute Gasteiger partial charge is 0.465 e. The minimum absolute atomic E-state index is 0.175. The van der Waals surface area contributed by atoms with E-state index in [4.69, 9.17) is 4.74 Å². The van der Waals surface area contributed by atoms with E-state index in [0.717, 1.165) is 0 Å². The van der Waals surface area contributed by atoms with Gasteiger partial charge in [0.25, 0.3) is 5.56 Å². The number of carbonyl (C=O) groups excluding carboxylic acids is 1. The zero-order valence-electron chi connectivity index (χ0n) is 15.9. The maximum Gasteiger partial charge on any atom is 0.337 e. The Hall–Kier alpha value is -2.67. The lowest BCUT2D eigenvalue weighted by atomic mass is 10.1. The van der Waals surface area contributed by atoms with Crippen LogP contribution in [0.3, 0.4) is 0 Å². The summed E-state index contributed by atoms with van der Waals surface area (Å²) in [7, 11) is 1.30. The van der Waals surface area contributed by atoms with Crippen LogP contribution in [-0.4, -0.2) is 22.6 Å². The first-order chi connectivity index (χ1) is 13.4. The summed E-state index contributed by atoms with van der Waals surface area (Å²) >= 11 is 1.30. The van der Waals surface area contributed by atoms with Gasteiger partial charge in [-0.3, -0.25) is 9.36 Å². The zero-order valence-corrected chi connectivity index (χ0v) is 16.8. The van der Waals surface area contributed by atoms with Crippen molar-refractivity contribution in [1.82, 2.24) is 9.55 Å². The van der Waals surface area contributed by atoms with E-state index in [9.17, 15) is 14.0 Å². The molecule has 3 aromatic rings. The van der Waals surface area contributed by atoms with Gasteiger partial charge < -0.3 is 4.74 Å². The van der Waals surface area contributed by atoms with E-state index in [1.54, 1.807) is 41.0 Å². The lowest BCUT2D eigenvalue weighted by Crippen LogP contribution is -2.25. The first-order valence-electron chi connectivity index (χ1n) is 8.89. The summed E-state index contributed by atoms with van der Waals surface area (Å²) in [6.45, 7) is 4.53. The molecule has 146 valence electrons. The lowest BCUT2D eigenvalue weighted by Gasteiger charge is -2.15. The molecule has 0 atom stereocenters. The summed E-state index contributed by atoms with van der Waals surface area (Å²) in [5.41, 5.74) is 1.12. The number of thioether (sulfide) groups is 1. The number of ether oxygens (including phenoxy) is 1. The van der Waals surface area contributed by atoms with Gasteiger partial charge in [-0.2, -0.15) is 0 Å². The summed E-state index contributed by atoms with van der Waals surface area (Å²) in [6, 6.07) is 11.2. The number of nitrogens with zero attached hydrogens (tertiary/aromatic N) is 2. The highest BCUT2D eigenvalue weighted by molar-refractivity contribution is 7.98. The molecule has 3 rings (SSSR count). The molecule has 5 nitrogen and oxygen atoms in total. The first kappa shape index (κ1) is 20.1. The van der Waals surface area contributed by atoms with Crippen molar-refractivity contribution in [2.24, 2.45) is 5.92 Å². The van der Waals surface area contributed by atoms with Gasteiger partial charge in [0.15, 0.2) is 5.16 Å². The Balaban J connectivity index is 2.07. The van der Waals surface area contributed by atoms with E-state index in [1.165, 1.54) is 24.9 Å². The highest BCUT2D eigenvalue weighted by Gasteiger charge is 2.16. The highest BCUT2D eigenvalue weighted by Crippen LogP contribution is 2.24. The highest BCUT2D eigenvalue weighted by atomic mass is 32.2. The third-order valence-corrected chi connectivity index (χ3v) is 5.23. The molecular weight excluding hydrogens is 379 g/mol. The van der Waals surface area contributed by atoms with E-state index in [1.807, 2.05) is 13.8 Å². The number of rotatable bonds is 6. The average molecular weight is 400 g/mol. The molecule has 0 aliphatic carbocycles. The van der Waals surface area contributed by atoms with Crippen molar-refractivity contribution in [3.63, 3.8) is 0 Å². The van der Waals surface area contributed by atoms with Crippen molar-refractivity contribution in [3.8, 4) is 0 Å². The van der Waals surface area contributed by atoms with E-state index < -0.39 is 5.97 Å². The predicted octanol–water partition coefficient (Wildman–Crippen LogP) is 4.27. The summed E-state index contributed by atoms with van der Waals surface area (Å²) < 4.78 is 20.3. The van der Waals surface area contributed by atoms with Crippen molar-refractivity contribution in [1.29, 1.82) is 0 Å². The molecule has 0 aliphatic rings. The SMILES string of the molecule is COC(=O)c1ccc2c(=O)n(CC(C)C)c(SCc3ccccc3F)nc2c1. The number of hydrogen-bond acceptors (Lipinski definition) is 5. The predicted molar refractivity (Wildman–Crippen MR) is 108 cm³/mol. The van der Waals surface area contributed by atoms with Gasteiger partial charge >= 0.3 is 5.97 Å². The van der Waals surface area contributed by atoms with Crippen LogP contribution in [-0.2, 0) is 17.0 Å². The fourth-order valence-electron chi connectivity index (χ4n) is 2.84.